The Morgan fingerprint density at radius 3 is 2.69 bits per heavy atom. The van der Waals surface area contributed by atoms with Crippen LogP contribution in [0.2, 0.25) is 0 Å². The van der Waals surface area contributed by atoms with Crippen LogP contribution in [0.5, 0.6) is 5.88 Å². The highest BCUT2D eigenvalue weighted by atomic mass is 127. The van der Waals surface area contributed by atoms with Gasteiger partial charge in [-0.3, -0.25) is 0 Å². The first-order chi connectivity index (χ1) is 6.06. The lowest BCUT2D eigenvalue weighted by Crippen LogP contribution is -2.01. The molecule has 0 radical (unpaired) electrons. The number of anilines is 1. The molecule has 13 heavy (non-hydrogen) atoms. The molecule has 0 aromatic carbocycles. The van der Waals surface area contributed by atoms with Crippen molar-refractivity contribution in [3.8, 4) is 5.88 Å². The van der Waals surface area contributed by atoms with E-state index in [0.29, 0.717) is 3.57 Å². The summed E-state index contributed by atoms with van der Waals surface area (Å²) in [6.45, 7) is 0. The van der Waals surface area contributed by atoms with Crippen LogP contribution in [-0.2, 0) is 0 Å². The highest BCUT2D eigenvalue weighted by Gasteiger charge is 2.14. The van der Waals surface area contributed by atoms with Crippen molar-refractivity contribution in [1.82, 2.24) is 4.98 Å². The number of alkyl halides is 2. The maximum Gasteiger partial charge on any atom is 0.280 e. The molecule has 1 rings (SSSR count). The predicted molar refractivity (Wildman–Crippen MR) is 52.9 cm³/mol. The lowest BCUT2D eigenvalue weighted by Gasteiger charge is -2.07. The highest BCUT2D eigenvalue weighted by molar-refractivity contribution is 14.1. The van der Waals surface area contributed by atoms with Crippen molar-refractivity contribution >= 4 is 28.3 Å². The standard InChI is InChI=1S/C7H7F2IN2O/c1-13-7-5(11)3(10)2-4(12-7)6(8)9/h2,6H,11H2,1H3. The Labute approximate surface area is 87.4 Å². The molecule has 0 aliphatic heterocycles. The predicted octanol–water partition coefficient (Wildman–Crippen LogP) is 2.21. The first-order valence-corrected chi connectivity index (χ1v) is 4.42. The zero-order valence-electron chi connectivity index (χ0n) is 6.72. The minimum Gasteiger partial charge on any atom is -0.479 e. The van der Waals surface area contributed by atoms with Gasteiger partial charge in [-0.2, -0.15) is 0 Å². The van der Waals surface area contributed by atoms with E-state index in [1.165, 1.54) is 13.2 Å². The third-order valence-electron chi connectivity index (χ3n) is 1.41. The number of hydrogen-bond acceptors (Lipinski definition) is 3. The average Bonchev–Trinajstić information content (AvgIpc) is 2.09. The van der Waals surface area contributed by atoms with Gasteiger partial charge in [0.25, 0.3) is 6.43 Å². The van der Waals surface area contributed by atoms with E-state index in [9.17, 15) is 8.78 Å². The molecular formula is C7H7F2IN2O. The molecule has 0 aliphatic rings. The summed E-state index contributed by atoms with van der Waals surface area (Å²) in [5.74, 6) is 0.0437. The monoisotopic (exact) mass is 300 g/mol. The molecule has 0 bridgehead atoms. The Balaban J connectivity index is 3.22. The smallest absolute Gasteiger partial charge is 0.280 e. The quantitative estimate of drug-likeness (QED) is 0.852. The van der Waals surface area contributed by atoms with Crippen molar-refractivity contribution in [2.75, 3.05) is 12.8 Å². The Bertz CT molecular complexity index is 320. The van der Waals surface area contributed by atoms with E-state index in [2.05, 4.69) is 4.98 Å². The number of nitrogens with two attached hydrogens (primary N) is 1. The van der Waals surface area contributed by atoms with E-state index in [0.717, 1.165) is 0 Å². The van der Waals surface area contributed by atoms with Gasteiger partial charge >= 0.3 is 0 Å². The Morgan fingerprint density at radius 2 is 2.23 bits per heavy atom. The fourth-order valence-electron chi connectivity index (χ4n) is 0.787. The molecule has 6 heteroatoms. The van der Waals surface area contributed by atoms with E-state index < -0.39 is 6.43 Å². The van der Waals surface area contributed by atoms with Crippen molar-refractivity contribution in [3.05, 3.63) is 15.3 Å². The van der Waals surface area contributed by atoms with Gasteiger partial charge in [-0.05, 0) is 28.7 Å². The van der Waals surface area contributed by atoms with Crippen molar-refractivity contribution in [1.29, 1.82) is 0 Å². The number of pyridine rings is 1. The molecule has 0 saturated heterocycles. The number of aromatic nitrogens is 1. The lowest BCUT2D eigenvalue weighted by atomic mass is 10.3. The molecular weight excluding hydrogens is 293 g/mol. The Morgan fingerprint density at radius 1 is 1.62 bits per heavy atom. The summed E-state index contributed by atoms with van der Waals surface area (Å²) in [5, 5.41) is 0. The van der Waals surface area contributed by atoms with E-state index in [1.807, 2.05) is 22.6 Å². The number of nitrogens with zero attached hydrogens (tertiary/aromatic N) is 1. The zero-order valence-corrected chi connectivity index (χ0v) is 8.88. The van der Waals surface area contributed by atoms with Gasteiger partial charge in [0.15, 0.2) is 0 Å². The maximum absolute atomic E-state index is 12.2. The summed E-state index contributed by atoms with van der Waals surface area (Å²) in [5.41, 5.74) is 5.48. The molecule has 0 atom stereocenters. The fourth-order valence-corrected chi connectivity index (χ4v) is 1.34. The molecule has 1 aromatic heterocycles. The molecule has 3 nitrogen and oxygen atoms in total. The SMILES string of the molecule is COc1nc(C(F)F)cc(I)c1N. The van der Waals surface area contributed by atoms with Gasteiger partial charge in [-0.25, -0.2) is 13.8 Å². The van der Waals surface area contributed by atoms with Crippen molar-refractivity contribution < 1.29 is 13.5 Å². The van der Waals surface area contributed by atoms with Crippen molar-refractivity contribution in [2.24, 2.45) is 0 Å². The largest absolute Gasteiger partial charge is 0.479 e. The van der Waals surface area contributed by atoms with Gasteiger partial charge in [-0.1, -0.05) is 0 Å². The van der Waals surface area contributed by atoms with Crippen LogP contribution in [0.25, 0.3) is 0 Å². The summed E-state index contributed by atoms with van der Waals surface area (Å²) in [4.78, 5) is 3.55. The third kappa shape index (κ3) is 2.17. The van der Waals surface area contributed by atoms with Crippen molar-refractivity contribution in [2.45, 2.75) is 6.43 Å². The van der Waals surface area contributed by atoms with Crippen LogP contribution in [0, 0.1) is 3.57 Å². The molecule has 0 saturated carbocycles. The van der Waals surface area contributed by atoms with Gasteiger partial charge < -0.3 is 10.5 Å². The fraction of sp³-hybridized carbons (Fsp3) is 0.286. The molecule has 0 unspecified atom stereocenters. The molecule has 0 aliphatic carbocycles. The molecule has 1 aromatic rings. The summed E-state index contributed by atoms with van der Waals surface area (Å²) in [6.07, 6.45) is -2.61. The van der Waals surface area contributed by atoms with E-state index in [-0.39, 0.29) is 17.3 Å². The summed E-state index contributed by atoms with van der Waals surface area (Å²) in [6, 6.07) is 1.24. The number of ether oxygens (including phenoxy) is 1. The second kappa shape index (κ2) is 4.03. The van der Waals surface area contributed by atoms with E-state index in [1.54, 1.807) is 0 Å². The summed E-state index contributed by atoms with van der Waals surface area (Å²) >= 11 is 1.85. The minimum atomic E-state index is -2.61. The number of rotatable bonds is 2. The Hall–Kier alpha value is -0.660. The van der Waals surface area contributed by atoms with Crippen LogP contribution in [0.3, 0.4) is 0 Å². The van der Waals surface area contributed by atoms with Gasteiger partial charge in [0, 0.05) is 3.57 Å². The molecule has 0 fully saturated rings. The normalized spacial score (nSPS) is 10.5. The topological polar surface area (TPSA) is 48.1 Å². The van der Waals surface area contributed by atoms with Crippen LogP contribution in [0.4, 0.5) is 14.5 Å². The minimum absolute atomic E-state index is 0.0437. The first kappa shape index (κ1) is 10.4. The van der Waals surface area contributed by atoms with Gasteiger partial charge in [0.2, 0.25) is 5.88 Å². The first-order valence-electron chi connectivity index (χ1n) is 3.34. The highest BCUT2D eigenvalue weighted by Crippen LogP contribution is 2.28. The summed E-state index contributed by atoms with van der Waals surface area (Å²) < 4.78 is 29.7. The number of methoxy groups -OCH3 is 1. The molecule has 0 amide bonds. The molecule has 2 N–H and O–H groups in total. The van der Waals surface area contributed by atoms with Crippen LogP contribution >= 0.6 is 22.6 Å². The number of hydrogen-bond donors (Lipinski definition) is 1. The molecule has 0 spiro atoms. The second-order valence-electron chi connectivity index (χ2n) is 2.25. The van der Waals surface area contributed by atoms with Crippen LogP contribution in [-0.4, -0.2) is 12.1 Å². The summed E-state index contributed by atoms with van der Waals surface area (Å²) in [7, 11) is 1.34. The van der Waals surface area contributed by atoms with Crippen LogP contribution < -0.4 is 10.5 Å². The number of halogens is 3. The van der Waals surface area contributed by atoms with Gasteiger partial charge in [-0.15, -0.1) is 0 Å². The van der Waals surface area contributed by atoms with Gasteiger partial charge in [0.1, 0.15) is 11.4 Å². The van der Waals surface area contributed by atoms with Gasteiger partial charge in [0.05, 0.1) is 7.11 Å². The lowest BCUT2D eigenvalue weighted by molar-refractivity contribution is 0.145. The zero-order chi connectivity index (χ0) is 10.0. The van der Waals surface area contributed by atoms with Crippen molar-refractivity contribution in [3.63, 3.8) is 0 Å². The molecule has 72 valence electrons. The maximum atomic E-state index is 12.2. The average molecular weight is 300 g/mol. The van der Waals surface area contributed by atoms with Crippen LogP contribution in [0.15, 0.2) is 6.07 Å². The second-order valence-corrected chi connectivity index (χ2v) is 3.41. The Kier molecular flexibility index (Phi) is 3.23. The van der Waals surface area contributed by atoms with E-state index in [4.69, 9.17) is 10.5 Å². The van der Waals surface area contributed by atoms with E-state index >= 15 is 0 Å². The third-order valence-corrected chi connectivity index (χ3v) is 2.30. The van der Waals surface area contributed by atoms with Crippen LogP contribution in [0.1, 0.15) is 12.1 Å². The number of nitrogen functional groups attached to an aromatic ring is 1. The molecule has 1 heterocycles.